The van der Waals surface area contributed by atoms with E-state index in [1.165, 1.54) is 12.3 Å². The van der Waals surface area contributed by atoms with E-state index in [1.807, 2.05) is 24.3 Å². The van der Waals surface area contributed by atoms with Crippen LogP contribution < -0.4 is 10.6 Å². The van der Waals surface area contributed by atoms with Crippen molar-refractivity contribution in [3.63, 3.8) is 0 Å². The van der Waals surface area contributed by atoms with Crippen LogP contribution in [0.2, 0.25) is 0 Å². The number of halogens is 4. The van der Waals surface area contributed by atoms with Crippen molar-refractivity contribution in [2.75, 3.05) is 32.5 Å². The number of aromatic nitrogens is 2. The maximum absolute atomic E-state index is 12.9. The Morgan fingerprint density at radius 3 is 2.67 bits per heavy atom. The van der Waals surface area contributed by atoms with Crippen LogP contribution in [0.25, 0.3) is 0 Å². The van der Waals surface area contributed by atoms with Gasteiger partial charge in [-0.05, 0) is 19.1 Å². The number of guanidine groups is 1. The first kappa shape index (κ1) is 23.4. The van der Waals surface area contributed by atoms with E-state index in [-0.39, 0.29) is 36.3 Å². The Labute approximate surface area is 177 Å². The van der Waals surface area contributed by atoms with E-state index >= 15 is 0 Å². The number of aryl methyl sites for hydroxylation is 1. The van der Waals surface area contributed by atoms with Crippen molar-refractivity contribution in [1.29, 1.82) is 0 Å². The van der Waals surface area contributed by atoms with Gasteiger partial charge in [0.05, 0.1) is 22.8 Å². The van der Waals surface area contributed by atoms with Crippen molar-refractivity contribution in [1.82, 2.24) is 20.2 Å². The molecule has 2 heterocycles. The van der Waals surface area contributed by atoms with Crippen LogP contribution >= 0.6 is 35.3 Å². The van der Waals surface area contributed by atoms with Crippen molar-refractivity contribution in [2.24, 2.45) is 4.99 Å². The molecule has 0 saturated heterocycles. The number of hydrogen-bond donors (Lipinski definition) is 2. The number of hydrogen-bond acceptors (Lipinski definition) is 5. The normalized spacial score (nSPS) is 11.7. The first-order valence-electron chi connectivity index (χ1n) is 7.90. The Morgan fingerprint density at radius 2 is 2.07 bits per heavy atom. The van der Waals surface area contributed by atoms with Crippen molar-refractivity contribution in [3.05, 3.63) is 40.0 Å². The lowest BCUT2D eigenvalue weighted by Crippen LogP contribution is -2.40. The second-order valence-corrected chi connectivity index (χ2v) is 6.57. The molecule has 0 spiro atoms. The number of anilines is 1. The summed E-state index contributed by atoms with van der Waals surface area (Å²) >= 11 is 1.58. The van der Waals surface area contributed by atoms with Crippen LogP contribution in [0.3, 0.4) is 0 Å². The zero-order valence-electron chi connectivity index (χ0n) is 15.2. The summed E-state index contributed by atoms with van der Waals surface area (Å²) in [6.07, 6.45) is -3.11. The molecule has 27 heavy (non-hydrogen) atoms. The quantitative estimate of drug-likeness (QED) is 0.267. The minimum Gasteiger partial charge on any atom is -0.368 e. The number of aliphatic imine (C=N–C) groups is 1. The summed E-state index contributed by atoms with van der Waals surface area (Å²) in [6.45, 7) is 3.19. The van der Waals surface area contributed by atoms with Crippen LogP contribution in [-0.4, -0.2) is 48.0 Å². The zero-order valence-corrected chi connectivity index (χ0v) is 18.3. The topological polar surface area (TPSA) is 65.4 Å². The molecular weight excluding hydrogens is 492 g/mol. The lowest BCUT2D eigenvalue weighted by atomic mass is 10.2. The fourth-order valence-electron chi connectivity index (χ4n) is 2.31. The maximum Gasteiger partial charge on any atom is 0.419 e. The SMILES string of the molecule is CN=C(NCCNc1ncccc1C(F)(F)F)N(C)Cc1csc(C)n1.I. The van der Waals surface area contributed by atoms with E-state index < -0.39 is 11.7 Å². The fraction of sp³-hybridized carbons (Fsp3) is 0.438. The summed E-state index contributed by atoms with van der Waals surface area (Å²) in [7, 11) is 3.52. The van der Waals surface area contributed by atoms with Gasteiger partial charge in [0.25, 0.3) is 0 Å². The summed E-state index contributed by atoms with van der Waals surface area (Å²) in [5, 5.41) is 8.80. The molecule has 0 aromatic carbocycles. The predicted octanol–water partition coefficient (Wildman–Crippen LogP) is 3.60. The van der Waals surface area contributed by atoms with Gasteiger partial charge in [0.2, 0.25) is 0 Å². The molecule has 2 rings (SSSR count). The summed E-state index contributed by atoms with van der Waals surface area (Å²) in [5.41, 5.74) is 0.166. The van der Waals surface area contributed by atoms with Gasteiger partial charge in [0.15, 0.2) is 5.96 Å². The number of pyridine rings is 1. The molecule has 0 aliphatic carbocycles. The summed E-state index contributed by atoms with van der Waals surface area (Å²) in [6, 6.07) is 2.27. The highest BCUT2D eigenvalue weighted by atomic mass is 127. The van der Waals surface area contributed by atoms with Crippen LogP contribution in [0.5, 0.6) is 0 Å². The lowest BCUT2D eigenvalue weighted by Gasteiger charge is -2.21. The van der Waals surface area contributed by atoms with Gasteiger partial charge in [-0.2, -0.15) is 13.2 Å². The first-order chi connectivity index (χ1) is 12.3. The number of thiazole rings is 1. The number of nitrogens with one attached hydrogen (secondary N) is 2. The summed E-state index contributed by atoms with van der Waals surface area (Å²) < 4.78 is 38.8. The Morgan fingerprint density at radius 1 is 1.33 bits per heavy atom. The summed E-state index contributed by atoms with van der Waals surface area (Å²) in [5.74, 6) is 0.456. The summed E-state index contributed by atoms with van der Waals surface area (Å²) in [4.78, 5) is 14.2. The molecule has 2 aromatic rings. The van der Waals surface area contributed by atoms with Gasteiger partial charge in [0, 0.05) is 38.8 Å². The van der Waals surface area contributed by atoms with Crippen molar-refractivity contribution >= 4 is 47.1 Å². The third-order valence-electron chi connectivity index (χ3n) is 3.45. The van der Waals surface area contributed by atoms with Gasteiger partial charge in [-0.25, -0.2) is 9.97 Å². The smallest absolute Gasteiger partial charge is 0.368 e. The molecule has 150 valence electrons. The van der Waals surface area contributed by atoms with Crippen molar-refractivity contribution in [2.45, 2.75) is 19.6 Å². The largest absolute Gasteiger partial charge is 0.419 e. The molecule has 11 heteroatoms. The molecule has 0 aliphatic rings. The molecule has 2 N–H and O–H groups in total. The number of alkyl halides is 3. The second kappa shape index (κ2) is 10.6. The van der Waals surface area contributed by atoms with E-state index in [1.54, 1.807) is 18.4 Å². The third kappa shape index (κ3) is 7.13. The average molecular weight is 514 g/mol. The Balaban J connectivity index is 0.00000364. The Bertz CT molecular complexity index is 750. The zero-order chi connectivity index (χ0) is 19.2. The van der Waals surface area contributed by atoms with E-state index in [0.717, 1.165) is 16.8 Å². The van der Waals surface area contributed by atoms with Crippen LogP contribution in [0.15, 0.2) is 28.7 Å². The van der Waals surface area contributed by atoms with E-state index in [9.17, 15) is 13.2 Å². The van der Waals surface area contributed by atoms with Crippen molar-refractivity contribution < 1.29 is 13.2 Å². The van der Waals surface area contributed by atoms with Gasteiger partial charge in [0.1, 0.15) is 5.82 Å². The third-order valence-corrected chi connectivity index (χ3v) is 4.28. The van der Waals surface area contributed by atoms with E-state index in [0.29, 0.717) is 19.0 Å². The number of nitrogens with zero attached hydrogens (tertiary/aromatic N) is 4. The van der Waals surface area contributed by atoms with Gasteiger partial charge in [-0.1, -0.05) is 0 Å². The van der Waals surface area contributed by atoms with Crippen LogP contribution in [0.1, 0.15) is 16.3 Å². The molecule has 0 radical (unpaired) electrons. The van der Waals surface area contributed by atoms with Gasteiger partial charge in [-0.15, -0.1) is 35.3 Å². The Kier molecular flexibility index (Phi) is 9.22. The van der Waals surface area contributed by atoms with Gasteiger partial charge < -0.3 is 15.5 Å². The van der Waals surface area contributed by atoms with E-state index in [4.69, 9.17) is 0 Å². The highest BCUT2D eigenvalue weighted by molar-refractivity contribution is 14.0. The monoisotopic (exact) mass is 514 g/mol. The standard InChI is InChI=1S/C16H21F3N6S.HI/c1-11-24-12(10-26-11)9-25(3)15(20-2)23-8-7-22-14-13(16(17,18)19)5-4-6-21-14;/h4-6,10H,7-9H2,1-3H3,(H,20,23)(H,21,22);1H. The number of rotatable bonds is 6. The van der Waals surface area contributed by atoms with E-state index in [2.05, 4.69) is 25.6 Å². The molecule has 0 unspecified atom stereocenters. The predicted molar refractivity (Wildman–Crippen MR) is 113 cm³/mol. The minimum atomic E-state index is -4.44. The van der Waals surface area contributed by atoms with Crippen molar-refractivity contribution in [3.8, 4) is 0 Å². The molecule has 0 atom stereocenters. The van der Waals surface area contributed by atoms with Gasteiger partial charge >= 0.3 is 6.18 Å². The van der Waals surface area contributed by atoms with Gasteiger partial charge in [-0.3, -0.25) is 4.99 Å². The maximum atomic E-state index is 12.9. The Hall–Kier alpha value is -1.63. The minimum absolute atomic E-state index is 0. The van der Waals surface area contributed by atoms with Crippen LogP contribution in [-0.2, 0) is 12.7 Å². The van der Waals surface area contributed by atoms with Crippen LogP contribution in [0, 0.1) is 6.92 Å². The molecular formula is C16H22F3IN6S. The second-order valence-electron chi connectivity index (χ2n) is 5.51. The van der Waals surface area contributed by atoms with Crippen LogP contribution in [0.4, 0.5) is 19.0 Å². The molecule has 0 bridgehead atoms. The highest BCUT2D eigenvalue weighted by Crippen LogP contribution is 2.33. The first-order valence-corrected chi connectivity index (χ1v) is 8.78. The average Bonchev–Trinajstić information content (AvgIpc) is 2.99. The molecule has 6 nitrogen and oxygen atoms in total. The molecule has 0 amide bonds. The fourth-order valence-corrected chi connectivity index (χ4v) is 2.92. The molecule has 0 fully saturated rings. The molecule has 2 aromatic heterocycles. The highest BCUT2D eigenvalue weighted by Gasteiger charge is 2.33. The molecule has 0 aliphatic heterocycles. The lowest BCUT2D eigenvalue weighted by molar-refractivity contribution is -0.137. The molecule has 0 saturated carbocycles.